The van der Waals surface area contributed by atoms with E-state index in [0.29, 0.717) is 0 Å². The van der Waals surface area contributed by atoms with Crippen LogP contribution in [0.25, 0.3) is 16.9 Å². The smallest absolute Gasteiger partial charge is 0.300 e. The molecular formula is C20H24N4O2. The first-order valence-corrected chi connectivity index (χ1v) is 8.78. The van der Waals surface area contributed by atoms with E-state index < -0.39 is 5.97 Å². The van der Waals surface area contributed by atoms with Gasteiger partial charge in [-0.25, -0.2) is 4.98 Å². The molecule has 6 nitrogen and oxygen atoms in total. The molecule has 0 atom stereocenters. The Balaban J connectivity index is 0.000000447. The zero-order valence-electron chi connectivity index (χ0n) is 15.1. The Kier molecular flexibility index (Phi) is 5.41. The number of carboxylic acids is 1. The molecular weight excluding hydrogens is 328 g/mol. The van der Waals surface area contributed by atoms with Gasteiger partial charge in [-0.15, -0.1) is 0 Å². The molecule has 6 heteroatoms. The molecule has 0 saturated carbocycles. The van der Waals surface area contributed by atoms with Gasteiger partial charge in [0.2, 0.25) is 0 Å². The van der Waals surface area contributed by atoms with Crippen LogP contribution in [0.3, 0.4) is 0 Å². The third-order valence-electron chi connectivity index (χ3n) is 4.38. The molecule has 3 aromatic rings. The van der Waals surface area contributed by atoms with E-state index in [4.69, 9.17) is 14.9 Å². The predicted octanol–water partition coefficient (Wildman–Crippen LogP) is 3.73. The third kappa shape index (κ3) is 4.14. The summed E-state index contributed by atoms with van der Waals surface area (Å²) in [4.78, 5) is 16.2. The molecule has 0 amide bonds. The van der Waals surface area contributed by atoms with Crippen molar-refractivity contribution in [2.75, 3.05) is 30.4 Å². The van der Waals surface area contributed by atoms with Crippen molar-refractivity contribution in [3.05, 3.63) is 48.8 Å². The summed E-state index contributed by atoms with van der Waals surface area (Å²) in [6, 6.07) is 12.9. The number of carbonyl (C=O) groups is 1. The van der Waals surface area contributed by atoms with Gasteiger partial charge >= 0.3 is 0 Å². The van der Waals surface area contributed by atoms with E-state index in [9.17, 15) is 0 Å². The fraction of sp³-hybridized carbons (Fsp3) is 0.300. The number of nitrogens with one attached hydrogen (secondary N) is 1. The zero-order chi connectivity index (χ0) is 18.5. The first-order valence-electron chi connectivity index (χ1n) is 8.78. The minimum absolute atomic E-state index is 0.833. The molecule has 1 aliphatic heterocycles. The highest BCUT2D eigenvalue weighted by molar-refractivity contribution is 5.67. The average molecular weight is 352 g/mol. The van der Waals surface area contributed by atoms with Crippen molar-refractivity contribution in [3.63, 3.8) is 0 Å². The van der Waals surface area contributed by atoms with E-state index in [1.807, 2.05) is 13.2 Å². The molecule has 1 aliphatic rings. The van der Waals surface area contributed by atoms with Gasteiger partial charge in [0.05, 0.1) is 5.69 Å². The number of aliphatic carboxylic acids is 1. The van der Waals surface area contributed by atoms with Crippen LogP contribution in [0.4, 0.5) is 11.4 Å². The Labute approximate surface area is 153 Å². The standard InChI is InChI=1S/C18H20N4.C2H4O2/c1-19-15-8-11-22-13-17(20-18(22)12-15)14-4-6-16(7-5-14)21-9-2-3-10-21;1-2(3)4/h4-8,11-13,19H,2-3,9-10H2,1H3;1H3,(H,3,4). The molecule has 0 unspecified atom stereocenters. The molecule has 1 fully saturated rings. The molecule has 2 N–H and O–H groups in total. The number of benzene rings is 1. The number of pyridine rings is 1. The van der Waals surface area contributed by atoms with Crippen molar-refractivity contribution in [3.8, 4) is 11.3 Å². The van der Waals surface area contributed by atoms with Crippen LogP contribution in [0.15, 0.2) is 48.8 Å². The number of imidazole rings is 1. The van der Waals surface area contributed by atoms with Gasteiger partial charge in [0.1, 0.15) is 5.65 Å². The molecule has 3 heterocycles. The second-order valence-corrected chi connectivity index (χ2v) is 6.32. The van der Waals surface area contributed by atoms with Gasteiger partial charge in [-0.05, 0) is 31.0 Å². The summed E-state index contributed by atoms with van der Waals surface area (Å²) in [6.45, 7) is 3.45. The number of hydrogen-bond donors (Lipinski definition) is 2. The van der Waals surface area contributed by atoms with Gasteiger partial charge in [0.15, 0.2) is 0 Å². The topological polar surface area (TPSA) is 69.9 Å². The maximum atomic E-state index is 9.00. The zero-order valence-corrected chi connectivity index (χ0v) is 15.1. The summed E-state index contributed by atoms with van der Waals surface area (Å²) in [5.41, 5.74) is 5.54. The monoisotopic (exact) mass is 352 g/mol. The Morgan fingerprint density at radius 3 is 2.42 bits per heavy atom. The second-order valence-electron chi connectivity index (χ2n) is 6.32. The molecule has 0 aliphatic carbocycles. The Bertz CT molecular complexity index is 876. The van der Waals surface area contributed by atoms with Gasteiger partial charge in [0.25, 0.3) is 5.97 Å². The molecule has 0 spiro atoms. The first-order chi connectivity index (χ1) is 12.6. The molecule has 26 heavy (non-hydrogen) atoms. The molecule has 2 aromatic heterocycles. The SMILES string of the molecule is CC(=O)O.CNc1ccn2cc(-c3ccc(N4CCCC4)cc3)nc2c1. The van der Waals surface area contributed by atoms with Crippen molar-refractivity contribution < 1.29 is 9.90 Å². The maximum absolute atomic E-state index is 9.00. The van der Waals surface area contributed by atoms with Crippen LogP contribution in [-0.4, -0.2) is 40.6 Å². The number of nitrogens with zero attached hydrogens (tertiary/aromatic N) is 3. The van der Waals surface area contributed by atoms with Crippen LogP contribution in [0.5, 0.6) is 0 Å². The summed E-state index contributed by atoms with van der Waals surface area (Å²) in [6.07, 6.45) is 6.74. The summed E-state index contributed by atoms with van der Waals surface area (Å²) >= 11 is 0. The van der Waals surface area contributed by atoms with Gasteiger partial charge in [-0.3, -0.25) is 4.79 Å². The van der Waals surface area contributed by atoms with Crippen LogP contribution >= 0.6 is 0 Å². The highest BCUT2D eigenvalue weighted by Gasteiger charge is 2.12. The lowest BCUT2D eigenvalue weighted by Gasteiger charge is -2.17. The van der Waals surface area contributed by atoms with Gasteiger partial charge in [-0.2, -0.15) is 0 Å². The summed E-state index contributed by atoms with van der Waals surface area (Å²) in [5.74, 6) is -0.833. The van der Waals surface area contributed by atoms with E-state index in [1.54, 1.807) is 0 Å². The highest BCUT2D eigenvalue weighted by atomic mass is 16.4. The Morgan fingerprint density at radius 1 is 1.15 bits per heavy atom. The molecule has 0 bridgehead atoms. The van der Waals surface area contributed by atoms with Crippen LogP contribution in [0, 0.1) is 0 Å². The number of fused-ring (bicyclic) bond motifs is 1. The summed E-state index contributed by atoms with van der Waals surface area (Å²) in [5, 5.41) is 10.6. The van der Waals surface area contributed by atoms with Crippen LogP contribution in [0.2, 0.25) is 0 Å². The minimum atomic E-state index is -0.833. The van der Waals surface area contributed by atoms with E-state index >= 15 is 0 Å². The largest absolute Gasteiger partial charge is 0.481 e. The van der Waals surface area contributed by atoms with Crippen molar-refractivity contribution in [2.45, 2.75) is 19.8 Å². The van der Waals surface area contributed by atoms with Gasteiger partial charge in [0, 0.05) is 62.5 Å². The third-order valence-corrected chi connectivity index (χ3v) is 4.38. The highest BCUT2D eigenvalue weighted by Crippen LogP contribution is 2.25. The summed E-state index contributed by atoms with van der Waals surface area (Å²) < 4.78 is 2.06. The fourth-order valence-electron chi connectivity index (χ4n) is 3.09. The van der Waals surface area contributed by atoms with Crippen LogP contribution in [-0.2, 0) is 4.79 Å². The van der Waals surface area contributed by atoms with E-state index in [2.05, 4.69) is 57.2 Å². The second kappa shape index (κ2) is 7.91. The van der Waals surface area contributed by atoms with Crippen molar-refractivity contribution in [1.82, 2.24) is 9.38 Å². The molecule has 4 rings (SSSR count). The quantitative estimate of drug-likeness (QED) is 0.751. The maximum Gasteiger partial charge on any atom is 0.300 e. The van der Waals surface area contributed by atoms with Crippen molar-refractivity contribution >= 4 is 23.0 Å². The minimum Gasteiger partial charge on any atom is -0.481 e. The van der Waals surface area contributed by atoms with Gasteiger partial charge < -0.3 is 19.7 Å². The lowest BCUT2D eigenvalue weighted by Crippen LogP contribution is -2.17. The lowest BCUT2D eigenvalue weighted by atomic mass is 10.1. The van der Waals surface area contributed by atoms with Gasteiger partial charge in [-0.1, -0.05) is 12.1 Å². The van der Waals surface area contributed by atoms with E-state index in [-0.39, 0.29) is 0 Å². The number of hydrogen-bond acceptors (Lipinski definition) is 4. The molecule has 136 valence electrons. The van der Waals surface area contributed by atoms with Crippen LogP contribution in [0.1, 0.15) is 19.8 Å². The normalized spacial score (nSPS) is 13.4. The Hall–Kier alpha value is -3.02. The van der Waals surface area contributed by atoms with E-state index in [0.717, 1.165) is 29.5 Å². The average Bonchev–Trinajstić information content (AvgIpc) is 3.30. The van der Waals surface area contributed by atoms with Crippen LogP contribution < -0.4 is 10.2 Å². The van der Waals surface area contributed by atoms with E-state index in [1.165, 1.54) is 31.6 Å². The number of aromatic nitrogens is 2. The summed E-state index contributed by atoms with van der Waals surface area (Å²) in [7, 11) is 1.92. The number of rotatable bonds is 3. The fourth-order valence-corrected chi connectivity index (χ4v) is 3.09. The molecule has 1 aromatic carbocycles. The first kappa shape index (κ1) is 17.8. The number of anilines is 2. The predicted molar refractivity (Wildman–Crippen MR) is 105 cm³/mol. The molecule has 0 radical (unpaired) electrons. The lowest BCUT2D eigenvalue weighted by molar-refractivity contribution is -0.134. The van der Waals surface area contributed by atoms with Crippen molar-refractivity contribution in [2.24, 2.45) is 0 Å². The van der Waals surface area contributed by atoms with Crippen molar-refractivity contribution in [1.29, 1.82) is 0 Å². The Morgan fingerprint density at radius 2 is 1.81 bits per heavy atom. The number of carboxylic acid groups (broad SMARTS) is 1. The molecule has 1 saturated heterocycles.